The highest BCUT2D eigenvalue weighted by molar-refractivity contribution is 4.86. The monoisotopic (exact) mass is 211 g/mol. The molecule has 0 aromatic carbocycles. The second-order valence-electron chi connectivity index (χ2n) is 4.37. The third-order valence-corrected chi connectivity index (χ3v) is 2.81. The van der Waals surface area contributed by atoms with Crippen LogP contribution in [0.5, 0.6) is 0 Å². The summed E-state index contributed by atoms with van der Waals surface area (Å²) >= 11 is 0. The summed E-state index contributed by atoms with van der Waals surface area (Å²) in [6, 6.07) is 1.73. The van der Waals surface area contributed by atoms with Gasteiger partial charge in [0.05, 0.1) is 18.7 Å². The van der Waals surface area contributed by atoms with Crippen LogP contribution >= 0.6 is 0 Å². The molecule has 0 aliphatic carbocycles. The van der Waals surface area contributed by atoms with E-state index in [4.69, 9.17) is 15.7 Å². The molecule has 0 spiro atoms. The summed E-state index contributed by atoms with van der Waals surface area (Å²) in [6.45, 7) is 3.75. The lowest BCUT2D eigenvalue weighted by atomic mass is 10.0. The maximum absolute atomic E-state index is 8.56. The van der Waals surface area contributed by atoms with Gasteiger partial charge in [-0.1, -0.05) is 0 Å². The molecule has 1 rings (SSSR count). The topological polar surface area (TPSA) is 62.3 Å². The molecule has 86 valence electrons. The lowest BCUT2D eigenvalue weighted by Gasteiger charge is -2.27. The van der Waals surface area contributed by atoms with Crippen molar-refractivity contribution in [3.05, 3.63) is 0 Å². The molecular formula is C11H21N3O. The van der Waals surface area contributed by atoms with Crippen molar-refractivity contribution in [1.29, 1.82) is 5.26 Å². The van der Waals surface area contributed by atoms with Crippen LogP contribution in [0.3, 0.4) is 0 Å². The summed E-state index contributed by atoms with van der Waals surface area (Å²) in [5.41, 5.74) is 5.54. The Balaban J connectivity index is 2.12. The minimum absolute atomic E-state index is 0.324. The Kier molecular flexibility index (Phi) is 5.62. The van der Waals surface area contributed by atoms with E-state index in [9.17, 15) is 0 Å². The predicted molar refractivity (Wildman–Crippen MR) is 59.2 cm³/mol. The Bertz CT molecular complexity index is 208. The van der Waals surface area contributed by atoms with Crippen molar-refractivity contribution in [3.8, 4) is 6.07 Å². The fourth-order valence-electron chi connectivity index (χ4n) is 1.91. The van der Waals surface area contributed by atoms with Crippen LogP contribution in [-0.2, 0) is 4.74 Å². The van der Waals surface area contributed by atoms with Gasteiger partial charge in [-0.2, -0.15) is 5.26 Å². The first-order valence-electron chi connectivity index (χ1n) is 5.64. The molecule has 0 aromatic rings. The van der Waals surface area contributed by atoms with Crippen molar-refractivity contribution in [1.82, 2.24) is 4.90 Å². The Morgan fingerprint density at radius 3 is 3.07 bits per heavy atom. The van der Waals surface area contributed by atoms with Gasteiger partial charge >= 0.3 is 0 Å². The van der Waals surface area contributed by atoms with Crippen molar-refractivity contribution in [2.75, 3.05) is 33.4 Å². The van der Waals surface area contributed by atoms with Crippen molar-refractivity contribution < 1.29 is 4.74 Å². The molecule has 0 amide bonds. The highest BCUT2D eigenvalue weighted by Gasteiger charge is 2.15. The molecule has 1 saturated heterocycles. The highest BCUT2D eigenvalue weighted by Crippen LogP contribution is 2.14. The zero-order valence-electron chi connectivity index (χ0n) is 9.48. The van der Waals surface area contributed by atoms with E-state index in [-0.39, 0.29) is 6.04 Å². The Labute approximate surface area is 92.0 Å². The van der Waals surface area contributed by atoms with Crippen LogP contribution in [0.4, 0.5) is 0 Å². The summed E-state index contributed by atoms with van der Waals surface area (Å²) in [5, 5.41) is 8.56. The first-order valence-corrected chi connectivity index (χ1v) is 5.64. The smallest absolute Gasteiger partial charge is 0.0940 e. The van der Waals surface area contributed by atoms with Gasteiger partial charge < -0.3 is 15.4 Å². The molecule has 4 nitrogen and oxygen atoms in total. The SMILES string of the molecule is CN(CCC(N)C#N)CC1CCCOC1. The molecule has 1 aliphatic rings. The molecule has 1 fully saturated rings. The molecule has 0 aromatic heterocycles. The van der Waals surface area contributed by atoms with E-state index in [1.54, 1.807) is 0 Å². The Morgan fingerprint density at radius 1 is 1.67 bits per heavy atom. The maximum atomic E-state index is 8.56. The van der Waals surface area contributed by atoms with Crippen molar-refractivity contribution in [2.24, 2.45) is 11.7 Å². The standard InChI is InChI=1S/C11H21N3O/c1-14(5-4-11(13)7-12)8-10-3-2-6-15-9-10/h10-11H,2-6,8-9,13H2,1H3. The number of nitrogens with zero attached hydrogens (tertiary/aromatic N) is 2. The second-order valence-corrected chi connectivity index (χ2v) is 4.37. The van der Waals surface area contributed by atoms with Crippen LogP contribution < -0.4 is 5.73 Å². The third kappa shape index (κ3) is 5.12. The number of hydrogen-bond acceptors (Lipinski definition) is 4. The van der Waals surface area contributed by atoms with Crippen LogP contribution in [0.15, 0.2) is 0 Å². The van der Waals surface area contributed by atoms with Gasteiger partial charge in [-0.3, -0.25) is 0 Å². The molecule has 2 N–H and O–H groups in total. The quantitative estimate of drug-likeness (QED) is 0.723. The summed E-state index contributed by atoms with van der Waals surface area (Å²) in [6.07, 6.45) is 3.19. The summed E-state index contributed by atoms with van der Waals surface area (Å²) in [5.74, 6) is 0.655. The molecule has 0 radical (unpaired) electrons. The Morgan fingerprint density at radius 2 is 2.47 bits per heavy atom. The van der Waals surface area contributed by atoms with Crippen molar-refractivity contribution >= 4 is 0 Å². The number of ether oxygens (including phenoxy) is 1. The largest absolute Gasteiger partial charge is 0.381 e. The maximum Gasteiger partial charge on any atom is 0.0940 e. The average molecular weight is 211 g/mol. The Hall–Kier alpha value is -0.630. The number of nitriles is 1. The second kappa shape index (κ2) is 6.78. The number of hydrogen-bond donors (Lipinski definition) is 1. The molecule has 1 aliphatic heterocycles. The van der Waals surface area contributed by atoms with E-state index < -0.39 is 0 Å². The lowest BCUT2D eigenvalue weighted by molar-refractivity contribution is 0.0419. The normalized spacial score (nSPS) is 23.7. The van der Waals surface area contributed by atoms with Gasteiger partial charge in [0.15, 0.2) is 0 Å². The molecule has 0 bridgehead atoms. The third-order valence-electron chi connectivity index (χ3n) is 2.81. The number of rotatable bonds is 5. The van der Waals surface area contributed by atoms with Crippen molar-refractivity contribution in [2.45, 2.75) is 25.3 Å². The first kappa shape index (κ1) is 12.4. The minimum atomic E-state index is -0.324. The van der Waals surface area contributed by atoms with Gasteiger partial charge in [0.1, 0.15) is 0 Å². The number of nitrogens with two attached hydrogens (primary N) is 1. The van der Waals surface area contributed by atoms with Gasteiger partial charge in [-0.25, -0.2) is 0 Å². The molecule has 15 heavy (non-hydrogen) atoms. The van der Waals surface area contributed by atoms with Gasteiger partial charge in [-0.05, 0) is 32.2 Å². The van der Waals surface area contributed by atoms with Gasteiger partial charge in [0, 0.05) is 19.7 Å². The molecule has 0 saturated carbocycles. The molecule has 1 heterocycles. The predicted octanol–water partition coefficient (Wildman–Crippen LogP) is 0.586. The lowest BCUT2D eigenvalue weighted by Crippen LogP contribution is -2.33. The van der Waals surface area contributed by atoms with Crippen molar-refractivity contribution in [3.63, 3.8) is 0 Å². The van der Waals surface area contributed by atoms with E-state index in [2.05, 4.69) is 18.0 Å². The van der Waals surface area contributed by atoms with Gasteiger partial charge in [0.25, 0.3) is 0 Å². The minimum Gasteiger partial charge on any atom is -0.381 e. The zero-order chi connectivity index (χ0) is 11.1. The van der Waals surface area contributed by atoms with Crippen LogP contribution in [0.25, 0.3) is 0 Å². The molecule has 2 atom stereocenters. The molecular weight excluding hydrogens is 190 g/mol. The van der Waals surface area contributed by atoms with E-state index in [1.807, 2.05) is 0 Å². The highest BCUT2D eigenvalue weighted by atomic mass is 16.5. The fraction of sp³-hybridized carbons (Fsp3) is 0.909. The van der Waals surface area contributed by atoms with Crippen LogP contribution in [0.2, 0.25) is 0 Å². The van der Waals surface area contributed by atoms with E-state index in [1.165, 1.54) is 12.8 Å². The van der Waals surface area contributed by atoms with Crippen LogP contribution in [-0.4, -0.2) is 44.3 Å². The van der Waals surface area contributed by atoms with Gasteiger partial charge in [-0.15, -0.1) is 0 Å². The average Bonchev–Trinajstić information content (AvgIpc) is 2.27. The molecule has 4 heteroatoms. The molecule has 2 unspecified atom stereocenters. The zero-order valence-corrected chi connectivity index (χ0v) is 9.48. The summed E-state index contributed by atoms with van der Waals surface area (Å²) in [4.78, 5) is 2.25. The first-order chi connectivity index (χ1) is 7.22. The van der Waals surface area contributed by atoms with E-state index in [0.717, 1.165) is 32.7 Å². The fourth-order valence-corrected chi connectivity index (χ4v) is 1.91. The van der Waals surface area contributed by atoms with E-state index >= 15 is 0 Å². The van der Waals surface area contributed by atoms with Gasteiger partial charge in [0.2, 0.25) is 0 Å². The summed E-state index contributed by atoms with van der Waals surface area (Å²) in [7, 11) is 2.08. The van der Waals surface area contributed by atoms with E-state index in [0.29, 0.717) is 5.92 Å². The summed E-state index contributed by atoms with van der Waals surface area (Å²) < 4.78 is 5.43. The van der Waals surface area contributed by atoms with Crippen LogP contribution in [0.1, 0.15) is 19.3 Å². The van der Waals surface area contributed by atoms with Crippen LogP contribution in [0, 0.1) is 17.2 Å².